The second kappa shape index (κ2) is 5.46. The Morgan fingerprint density at radius 1 is 1.35 bits per heavy atom. The second-order valence-electron chi connectivity index (χ2n) is 4.52. The van der Waals surface area contributed by atoms with Crippen molar-refractivity contribution < 1.29 is 28.9 Å². The zero-order valence-corrected chi connectivity index (χ0v) is 10.3. The molecule has 0 amide bonds. The highest BCUT2D eigenvalue weighted by Gasteiger charge is 2.36. The van der Waals surface area contributed by atoms with Crippen LogP contribution in [0.15, 0.2) is 0 Å². The predicted octanol–water partition coefficient (Wildman–Crippen LogP) is 0.934. The number of carboxylic acids is 1. The molecule has 1 N–H and O–H groups in total. The molecule has 98 valence electrons. The van der Waals surface area contributed by atoms with E-state index in [0.717, 1.165) is 0 Å². The molecule has 0 radical (unpaired) electrons. The van der Waals surface area contributed by atoms with Crippen LogP contribution in [0.1, 0.15) is 33.6 Å². The Hall–Kier alpha value is -1.14. The molecule has 0 aromatic carbocycles. The molecular formula is C11H18O6. The number of rotatable bonds is 4. The topological polar surface area (TPSA) is 82.1 Å². The van der Waals surface area contributed by atoms with Crippen molar-refractivity contribution in [2.75, 3.05) is 6.61 Å². The largest absolute Gasteiger partial charge is 0.481 e. The Bertz CT molecular complexity index is 298. The van der Waals surface area contributed by atoms with E-state index in [0.29, 0.717) is 6.42 Å². The summed E-state index contributed by atoms with van der Waals surface area (Å²) >= 11 is 0. The fraction of sp³-hybridized carbons (Fsp3) is 0.818. The lowest BCUT2D eigenvalue weighted by atomic mass is 10.1. The Morgan fingerprint density at radius 2 is 1.94 bits per heavy atom. The van der Waals surface area contributed by atoms with Crippen LogP contribution in [0.4, 0.5) is 0 Å². The average Bonchev–Trinajstić information content (AvgIpc) is 2.10. The molecule has 1 aliphatic heterocycles. The lowest BCUT2D eigenvalue weighted by Gasteiger charge is -2.40. The molecule has 0 bridgehead atoms. The van der Waals surface area contributed by atoms with Crippen molar-refractivity contribution in [1.82, 2.24) is 0 Å². The van der Waals surface area contributed by atoms with E-state index in [1.165, 1.54) is 6.92 Å². The van der Waals surface area contributed by atoms with Crippen molar-refractivity contribution in [3.63, 3.8) is 0 Å². The molecule has 0 aromatic rings. The molecule has 1 heterocycles. The van der Waals surface area contributed by atoms with Crippen molar-refractivity contribution >= 4 is 11.9 Å². The van der Waals surface area contributed by atoms with Crippen LogP contribution in [0.25, 0.3) is 0 Å². The summed E-state index contributed by atoms with van der Waals surface area (Å²) in [7, 11) is 0. The normalized spacial score (nSPS) is 27.5. The van der Waals surface area contributed by atoms with Crippen LogP contribution in [-0.4, -0.2) is 41.6 Å². The van der Waals surface area contributed by atoms with Gasteiger partial charge in [0.25, 0.3) is 0 Å². The summed E-state index contributed by atoms with van der Waals surface area (Å²) < 4.78 is 15.9. The lowest BCUT2D eigenvalue weighted by Crippen LogP contribution is -2.46. The number of carbonyl (C=O) groups excluding carboxylic acids is 1. The molecule has 6 heteroatoms. The third-order valence-corrected chi connectivity index (χ3v) is 2.30. The van der Waals surface area contributed by atoms with Crippen molar-refractivity contribution in [3.05, 3.63) is 0 Å². The summed E-state index contributed by atoms with van der Waals surface area (Å²) in [5, 5.41) is 8.73. The van der Waals surface area contributed by atoms with E-state index in [4.69, 9.17) is 19.3 Å². The van der Waals surface area contributed by atoms with Crippen LogP contribution >= 0.6 is 0 Å². The number of hydrogen-bond donors (Lipinski definition) is 1. The number of aliphatic carboxylic acids is 1. The molecule has 0 spiro atoms. The number of hydrogen-bond acceptors (Lipinski definition) is 5. The number of ether oxygens (including phenoxy) is 3. The maximum Gasteiger partial charge on any atom is 0.305 e. The van der Waals surface area contributed by atoms with Crippen molar-refractivity contribution in [2.45, 2.75) is 51.6 Å². The third kappa shape index (κ3) is 5.14. The molecule has 0 aliphatic carbocycles. The molecule has 1 aliphatic rings. The van der Waals surface area contributed by atoms with E-state index < -0.39 is 17.9 Å². The Morgan fingerprint density at radius 3 is 2.47 bits per heavy atom. The lowest BCUT2D eigenvalue weighted by molar-refractivity contribution is -0.304. The molecule has 17 heavy (non-hydrogen) atoms. The first-order valence-corrected chi connectivity index (χ1v) is 5.49. The van der Waals surface area contributed by atoms with Gasteiger partial charge in [-0.05, 0) is 13.8 Å². The Balaban J connectivity index is 2.54. The van der Waals surface area contributed by atoms with Gasteiger partial charge in [-0.1, -0.05) is 0 Å². The van der Waals surface area contributed by atoms with E-state index in [2.05, 4.69) is 0 Å². The van der Waals surface area contributed by atoms with Crippen LogP contribution in [0.5, 0.6) is 0 Å². The summed E-state index contributed by atoms with van der Waals surface area (Å²) in [4.78, 5) is 21.3. The smallest absolute Gasteiger partial charge is 0.305 e. The molecule has 0 saturated carbocycles. The molecule has 1 rings (SSSR count). The quantitative estimate of drug-likeness (QED) is 0.743. The van der Waals surface area contributed by atoms with E-state index in [9.17, 15) is 9.59 Å². The van der Waals surface area contributed by atoms with Gasteiger partial charge in [-0.2, -0.15) is 0 Å². The van der Waals surface area contributed by atoms with Gasteiger partial charge in [0.1, 0.15) is 6.61 Å². The minimum atomic E-state index is -0.918. The minimum Gasteiger partial charge on any atom is -0.481 e. The van der Waals surface area contributed by atoms with Crippen molar-refractivity contribution in [3.8, 4) is 0 Å². The van der Waals surface area contributed by atoms with Gasteiger partial charge in [-0.25, -0.2) is 0 Å². The van der Waals surface area contributed by atoms with E-state index in [1.807, 2.05) is 0 Å². The third-order valence-electron chi connectivity index (χ3n) is 2.30. The average molecular weight is 246 g/mol. The van der Waals surface area contributed by atoms with Gasteiger partial charge in [-0.3, -0.25) is 9.59 Å². The van der Waals surface area contributed by atoms with Gasteiger partial charge in [0.2, 0.25) is 0 Å². The highest BCUT2D eigenvalue weighted by molar-refractivity contribution is 5.67. The summed E-state index contributed by atoms with van der Waals surface area (Å²) in [6.45, 7) is 4.86. The fourth-order valence-corrected chi connectivity index (χ4v) is 1.85. The predicted molar refractivity (Wildman–Crippen MR) is 57.3 cm³/mol. The monoisotopic (exact) mass is 246 g/mol. The van der Waals surface area contributed by atoms with Gasteiger partial charge in [0, 0.05) is 13.3 Å². The molecule has 6 nitrogen and oxygen atoms in total. The Labute approximate surface area is 99.8 Å². The van der Waals surface area contributed by atoms with Crippen LogP contribution in [0, 0.1) is 0 Å². The number of carboxylic acid groups (broad SMARTS) is 1. The minimum absolute atomic E-state index is 0.0800. The van der Waals surface area contributed by atoms with Crippen LogP contribution < -0.4 is 0 Å². The SMILES string of the molecule is CC(=O)OCC1CC(CC(=O)O)OC(C)(C)O1. The summed E-state index contributed by atoms with van der Waals surface area (Å²) in [6, 6.07) is 0. The highest BCUT2D eigenvalue weighted by atomic mass is 16.7. The van der Waals surface area contributed by atoms with Crippen LogP contribution in [-0.2, 0) is 23.8 Å². The molecular weight excluding hydrogens is 228 g/mol. The van der Waals surface area contributed by atoms with E-state index in [1.54, 1.807) is 13.8 Å². The van der Waals surface area contributed by atoms with Gasteiger partial charge < -0.3 is 19.3 Å². The first kappa shape index (κ1) is 13.9. The van der Waals surface area contributed by atoms with Gasteiger partial charge in [0.05, 0.1) is 18.6 Å². The van der Waals surface area contributed by atoms with E-state index in [-0.39, 0.29) is 25.1 Å². The van der Waals surface area contributed by atoms with Crippen molar-refractivity contribution in [1.29, 1.82) is 0 Å². The highest BCUT2D eigenvalue weighted by Crippen LogP contribution is 2.28. The Kier molecular flexibility index (Phi) is 4.47. The molecule has 1 saturated heterocycles. The molecule has 2 atom stereocenters. The van der Waals surface area contributed by atoms with E-state index >= 15 is 0 Å². The summed E-state index contributed by atoms with van der Waals surface area (Å²) in [5.41, 5.74) is 0. The summed E-state index contributed by atoms with van der Waals surface area (Å²) in [5.74, 6) is -2.16. The standard InChI is InChI=1S/C11H18O6/c1-7(12)15-6-9-4-8(5-10(13)14)16-11(2,3)17-9/h8-9H,4-6H2,1-3H3,(H,13,14). The number of carbonyl (C=O) groups is 2. The molecule has 0 aromatic heterocycles. The fourth-order valence-electron chi connectivity index (χ4n) is 1.85. The maximum absolute atomic E-state index is 10.7. The summed E-state index contributed by atoms with van der Waals surface area (Å²) in [6.07, 6.45) is -0.421. The van der Waals surface area contributed by atoms with Gasteiger partial charge >= 0.3 is 11.9 Å². The van der Waals surface area contributed by atoms with Crippen LogP contribution in [0.2, 0.25) is 0 Å². The first-order chi connectivity index (χ1) is 7.78. The van der Waals surface area contributed by atoms with Gasteiger partial charge in [0.15, 0.2) is 5.79 Å². The zero-order valence-electron chi connectivity index (χ0n) is 10.3. The second-order valence-corrected chi connectivity index (χ2v) is 4.52. The molecule has 1 fully saturated rings. The first-order valence-electron chi connectivity index (χ1n) is 5.49. The molecule has 2 unspecified atom stereocenters. The van der Waals surface area contributed by atoms with Crippen molar-refractivity contribution in [2.24, 2.45) is 0 Å². The van der Waals surface area contributed by atoms with Crippen LogP contribution in [0.3, 0.4) is 0 Å². The number of esters is 1. The van der Waals surface area contributed by atoms with Gasteiger partial charge in [-0.15, -0.1) is 0 Å². The maximum atomic E-state index is 10.7. The zero-order chi connectivity index (χ0) is 13.1.